The molecule has 2 saturated heterocycles. The summed E-state index contributed by atoms with van der Waals surface area (Å²) in [5.74, 6) is 0. The molecular weight excluding hydrogens is 228 g/mol. The lowest BCUT2D eigenvalue weighted by molar-refractivity contribution is 0.0333. The molecule has 2 rings (SSSR count). The van der Waals surface area contributed by atoms with E-state index in [0.717, 1.165) is 59.0 Å². The molecule has 2 aliphatic heterocycles. The number of morpholine rings is 1. The number of nitrogens with zero attached hydrogens (tertiary/aromatic N) is 2. The van der Waals surface area contributed by atoms with Crippen molar-refractivity contribution in [3.8, 4) is 0 Å². The van der Waals surface area contributed by atoms with Gasteiger partial charge in [0.15, 0.2) is 0 Å². The molecule has 2 fully saturated rings. The van der Waals surface area contributed by atoms with Crippen molar-refractivity contribution in [3.05, 3.63) is 0 Å². The zero-order valence-electron chi connectivity index (χ0n) is 11.7. The highest BCUT2D eigenvalue weighted by Crippen LogP contribution is 2.06. The van der Waals surface area contributed by atoms with Crippen LogP contribution in [0.1, 0.15) is 19.8 Å². The Morgan fingerprint density at radius 1 is 1.39 bits per heavy atom. The van der Waals surface area contributed by atoms with Crippen molar-refractivity contribution in [1.29, 1.82) is 0 Å². The Morgan fingerprint density at radius 2 is 2.22 bits per heavy atom. The minimum absolute atomic E-state index is 0.676. The number of ether oxygens (including phenoxy) is 1. The molecular formula is C13H28N4O. The van der Waals surface area contributed by atoms with Crippen LogP contribution in [0.15, 0.2) is 0 Å². The van der Waals surface area contributed by atoms with Crippen LogP contribution in [0.5, 0.6) is 0 Å². The number of hydrazine groups is 1. The summed E-state index contributed by atoms with van der Waals surface area (Å²) in [6, 6.07) is 0.676. The van der Waals surface area contributed by atoms with Crippen LogP contribution in [0.2, 0.25) is 0 Å². The number of hydrogen-bond donors (Lipinski definition) is 2. The summed E-state index contributed by atoms with van der Waals surface area (Å²) in [4.78, 5) is 2.48. The zero-order valence-corrected chi connectivity index (χ0v) is 11.7. The Bertz CT molecular complexity index is 215. The first-order valence-electron chi connectivity index (χ1n) is 7.41. The van der Waals surface area contributed by atoms with E-state index in [9.17, 15) is 0 Å². The molecule has 0 bridgehead atoms. The largest absolute Gasteiger partial charge is 0.379 e. The van der Waals surface area contributed by atoms with Crippen molar-refractivity contribution in [3.63, 3.8) is 0 Å². The topological polar surface area (TPSA) is 39.8 Å². The summed E-state index contributed by atoms with van der Waals surface area (Å²) >= 11 is 0. The Kier molecular flexibility index (Phi) is 6.37. The summed E-state index contributed by atoms with van der Waals surface area (Å²) < 4.78 is 5.37. The molecule has 0 amide bonds. The van der Waals surface area contributed by atoms with Gasteiger partial charge in [0.25, 0.3) is 0 Å². The van der Waals surface area contributed by atoms with Crippen LogP contribution < -0.4 is 10.7 Å². The maximum atomic E-state index is 5.37. The Balaban J connectivity index is 1.64. The van der Waals surface area contributed by atoms with Crippen molar-refractivity contribution in [2.24, 2.45) is 0 Å². The fraction of sp³-hybridized carbons (Fsp3) is 1.00. The summed E-state index contributed by atoms with van der Waals surface area (Å²) in [5.41, 5.74) is 3.62. The predicted octanol–water partition coefficient (Wildman–Crippen LogP) is -0.103. The van der Waals surface area contributed by atoms with Crippen LogP contribution in [-0.2, 0) is 4.74 Å². The zero-order chi connectivity index (χ0) is 12.6. The lowest BCUT2D eigenvalue weighted by Crippen LogP contribution is -2.50. The van der Waals surface area contributed by atoms with Gasteiger partial charge in [-0.2, -0.15) is 0 Å². The molecule has 2 heterocycles. The molecule has 0 radical (unpaired) electrons. The van der Waals surface area contributed by atoms with Gasteiger partial charge in [0.2, 0.25) is 0 Å². The highest BCUT2D eigenvalue weighted by molar-refractivity contribution is 4.78. The van der Waals surface area contributed by atoms with Gasteiger partial charge in [0.1, 0.15) is 0 Å². The highest BCUT2D eigenvalue weighted by atomic mass is 16.5. The van der Waals surface area contributed by atoms with Gasteiger partial charge >= 0.3 is 0 Å². The minimum atomic E-state index is 0.676. The van der Waals surface area contributed by atoms with Crippen LogP contribution in [0.3, 0.4) is 0 Å². The summed E-state index contributed by atoms with van der Waals surface area (Å²) in [7, 11) is 0. The van der Waals surface area contributed by atoms with Crippen molar-refractivity contribution in [2.75, 3.05) is 59.0 Å². The Hall–Kier alpha value is -0.200. The molecule has 0 aromatic rings. The monoisotopic (exact) mass is 256 g/mol. The maximum Gasteiger partial charge on any atom is 0.0594 e. The molecule has 106 valence electrons. The minimum Gasteiger partial charge on any atom is -0.379 e. The normalized spacial score (nSPS) is 26.0. The number of hydrogen-bond acceptors (Lipinski definition) is 5. The quantitative estimate of drug-likeness (QED) is 0.622. The second kappa shape index (κ2) is 8.07. The third kappa shape index (κ3) is 4.48. The van der Waals surface area contributed by atoms with Crippen LogP contribution in [0.4, 0.5) is 0 Å². The van der Waals surface area contributed by atoms with Gasteiger partial charge in [-0.1, -0.05) is 6.92 Å². The van der Waals surface area contributed by atoms with E-state index in [4.69, 9.17) is 4.74 Å². The Labute approximate surface area is 111 Å². The first-order valence-corrected chi connectivity index (χ1v) is 7.41. The molecule has 1 unspecified atom stereocenters. The van der Waals surface area contributed by atoms with Crippen LogP contribution >= 0.6 is 0 Å². The second-order valence-electron chi connectivity index (χ2n) is 5.20. The Morgan fingerprint density at radius 3 is 2.89 bits per heavy atom. The van der Waals surface area contributed by atoms with E-state index in [1.807, 2.05) is 0 Å². The summed E-state index contributed by atoms with van der Waals surface area (Å²) in [5, 5.41) is 5.89. The molecule has 5 heteroatoms. The van der Waals surface area contributed by atoms with Crippen molar-refractivity contribution < 1.29 is 4.74 Å². The van der Waals surface area contributed by atoms with E-state index >= 15 is 0 Å². The SMILES string of the molecule is CCCN(NCCN1CCOCC1)C1CCNC1. The van der Waals surface area contributed by atoms with Crippen molar-refractivity contribution in [2.45, 2.75) is 25.8 Å². The fourth-order valence-corrected chi connectivity index (χ4v) is 2.71. The number of rotatable bonds is 7. The molecule has 1 atom stereocenters. The first-order chi connectivity index (χ1) is 8.90. The van der Waals surface area contributed by atoms with Gasteiger partial charge in [-0.15, -0.1) is 0 Å². The smallest absolute Gasteiger partial charge is 0.0594 e. The molecule has 0 aromatic heterocycles. The number of nitrogens with one attached hydrogen (secondary N) is 2. The van der Waals surface area contributed by atoms with Crippen molar-refractivity contribution >= 4 is 0 Å². The standard InChI is InChI=1S/C13H28N4O/c1-2-6-17(13-3-4-14-12-13)15-5-7-16-8-10-18-11-9-16/h13-15H,2-12H2,1H3. The van der Waals surface area contributed by atoms with Gasteiger partial charge in [-0.25, -0.2) is 5.01 Å². The third-order valence-electron chi connectivity index (χ3n) is 3.79. The van der Waals surface area contributed by atoms with E-state index in [1.165, 1.54) is 12.8 Å². The molecule has 0 aromatic carbocycles. The van der Waals surface area contributed by atoms with E-state index in [0.29, 0.717) is 6.04 Å². The summed E-state index contributed by atoms with van der Waals surface area (Å²) in [6.45, 7) is 11.8. The third-order valence-corrected chi connectivity index (χ3v) is 3.79. The average Bonchev–Trinajstić information content (AvgIpc) is 2.93. The molecule has 0 aliphatic carbocycles. The fourth-order valence-electron chi connectivity index (χ4n) is 2.71. The van der Waals surface area contributed by atoms with E-state index < -0.39 is 0 Å². The van der Waals surface area contributed by atoms with Crippen LogP contribution in [0, 0.1) is 0 Å². The lowest BCUT2D eigenvalue weighted by Gasteiger charge is -2.31. The molecule has 2 aliphatic rings. The van der Waals surface area contributed by atoms with Gasteiger partial charge in [0.05, 0.1) is 13.2 Å². The van der Waals surface area contributed by atoms with E-state index in [1.54, 1.807) is 0 Å². The predicted molar refractivity (Wildman–Crippen MR) is 73.5 cm³/mol. The molecule has 5 nitrogen and oxygen atoms in total. The molecule has 0 saturated carbocycles. The molecule has 18 heavy (non-hydrogen) atoms. The molecule has 0 spiro atoms. The second-order valence-corrected chi connectivity index (χ2v) is 5.20. The van der Waals surface area contributed by atoms with E-state index in [2.05, 4.69) is 27.6 Å². The van der Waals surface area contributed by atoms with Crippen LogP contribution in [-0.4, -0.2) is 75.0 Å². The van der Waals surface area contributed by atoms with Gasteiger partial charge in [-0.3, -0.25) is 10.3 Å². The average molecular weight is 256 g/mol. The van der Waals surface area contributed by atoms with Crippen molar-refractivity contribution in [1.82, 2.24) is 20.7 Å². The maximum absolute atomic E-state index is 5.37. The first kappa shape index (κ1) is 14.2. The lowest BCUT2D eigenvalue weighted by atomic mass is 10.2. The van der Waals surface area contributed by atoms with E-state index in [-0.39, 0.29) is 0 Å². The van der Waals surface area contributed by atoms with Gasteiger partial charge in [0, 0.05) is 45.3 Å². The van der Waals surface area contributed by atoms with Gasteiger partial charge in [-0.05, 0) is 19.4 Å². The summed E-state index contributed by atoms with van der Waals surface area (Å²) in [6.07, 6.45) is 2.48. The molecule has 2 N–H and O–H groups in total. The van der Waals surface area contributed by atoms with Gasteiger partial charge < -0.3 is 10.1 Å². The highest BCUT2D eigenvalue weighted by Gasteiger charge is 2.21. The van der Waals surface area contributed by atoms with Crippen LogP contribution in [0.25, 0.3) is 0 Å².